The quantitative estimate of drug-likeness (QED) is 0.890. The second-order valence-electron chi connectivity index (χ2n) is 4.75. The Morgan fingerprint density at radius 1 is 1.44 bits per heavy atom. The van der Waals surface area contributed by atoms with E-state index in [0.717, 1.165) is 25.7 Å². The molecule has 0 aromatic carbocycles. The van der Waals surface area contributed by atoms with Crippen LogP contribution in [0.1, 0.15) is 61.0 Å². The van der Waals surface area contributed by atoms with E-state index >= 15 is 0 Å². The highest BCUT2D eigenvalue weighted by Crippen LogP contribution is 2.32. The molecule has 1 aliphatic rings. The Morgan fingerprint density at radius 3 is 2.67 bits per heavy atom. The summed E-state index contributed by atoms with van der Waals surface area (Å²) in [6.07, 6.45) is 6.66. The van der Waals surface area contributed by atoms with Gasteiger partial charge in [0, 0.05) is 18.7 Å². The van der Waals surface area contributed by atoms with Crippen LogP contribution in [0.25, 0.3) is 0 Å². The molecule has 0 radical (unpaired) electrons. The van der Waals surface area contributed by atoms with Crippen LogP contribution in [-0.2, 0) is 6.54 Å². The zero-order valence-electron chi connectivity index (χ0n) is 10.6. The fourth-order valence-electron chi connectivity index (χ4n) is 2.58. The molecule has 5 nitrogen and oxygen atoms in total. The molecular weight excluding hydrogens is 232 g/mol. The minimum Gasteiger partial charge on any atom is -0.478 e. The molecule has 0 bridgehead atoms. The smallest absolute Gasteiger partial charge is 0.347 e. The van der Waals surface area contributed by atoms with Crippen LogP contribution < -0.4 is 5.69 Å². The van der Waals surface area contributed by atoms with E-state index in [1.165, 1.54) is 17.2 Å². The van der Waals surface area contributed by atoms with E-state index in [9.17, 15) is 14.7 Å². The lowest BCUT2D eigenvalue weighted by Gasteiger charge is -2.22. The average Bonchev–Trinajstić information content (AvgIpc) is 2.39. The topological polar surface area (TPSA) is 72.2 Å². The van der Waals surface area contributed by atoms with Crippen molar-refractivity contribution in [3.05, 3.63) is 27.9 Å². The van der Waals surface area contributed by atoms with E-state index in [0.29, 0.717) is 12.2 Å². The first-order valence-corrected chi connectivity index (χ1v) is 6.48. The SMILES string of the molecule is CCn1cc(C(=O)O)c(C2CCCCC2)nc1=O. The van der Waals surface area contributed by atoms with Crippen molar-refractivity contribution in [1.82, 2.24) is 9.55 Å². The minimum absolute atomic E-state index is 0.129. The highest BCUT2D eigenvalue weighted by atomic mass is 16.4. The Bertz CT molecular complexity index is 501. The zero-order valence-corrected chi connectivity index (χ0v) is 10.6. The van der Waals surface area contributed by atoms with Crippen LogP contribution in [0.2, 0.25) is 0 Å². The largest absolute Gasteiger partial charge is 0.478 e. The van der Waals surface area contributed by atoms with Crippen molar-refractivity contribution < 1.29 is 9.90 Å². The lowest BCUT2D eigenvalue weighted by atomic mass is 9.85. The van der Waals surface area contributed by atoms with Gasteiger partial charge in [-0.05, 0) is 19.8 Å². The van der Waals surface area contributed by atoms with Gasteiger partial charge in [0.2, 0.25) is 0 Å². The van der Waals surface area contributed by atoms with Gasteiger partial charge in [-0.2, -0.15) is 4.98 Å². The number of aromatic nitrogens is 2. The van der Waals surface area contributed by atoms with Crippen molar-refractivity contribution in [2.75, 3.05) is 0 Å². The molecule has 1 N–H and O–H groups in total. The van der Waals surface area contributed by atoms with Crippen LogP contribution >= 0.6 is 0 Å². The number of rotatable bonds is 3. The first-order chi connectivity index (χ1) is 8.63. The fraction of sp³-hybridized carbons (Fsp3) is 0.615. The standard InChI is InChI=1S/C13H18N2O3/c1-2-15-8-10(12(16)17)11(14-13(15)18)9-6-4-3-5-7-9/h8-9H,2-7H2,1H3,(H,16,17). The molecule has 18 heavy (non-hydrogen) atoms. The molecule has 0 amide bonds. The van der Waals surface area contributed by atoms with E-state index in [1.807, 2.05) is 0 Å². The van der Waals surface area contributed by atoms with Crippen LogP contribution in [0.15, 0.2) is 11.0 Å². The molecular formula is C13H18N2O3. The summed E-state index contributed by atoms with van der Waals surface area (Å²) in [5.41, 5.74) is 0.323. The van der Waals surface area contributed by atoms with Crippen LogP contribution in [0.3, 0.4) is 0 Å². The normalized spacial score (nSPS) is 16.7. The van der Waals surface area contributed by atoms with Gasteiger partial charge in [-0.3, -0.25) is 4.57 Å². The average molecular weight is 250 g/mol. The molecule has 1 fully saturated rings. The fourth-order valence-corrected chi connectivity index (χ4v) is 2.58. The third kappa shape index (κ3) is 2.44. The summed E-state index contributed by atoms with van der Waals surface area (Å²) in [6, 6.07) is 0. The number of carbonyl (C=O) groups is 1. The van der Waals surface area contributed by atoms with Crippen LogP contribution in [0.4, 0.5) is 0 Å². The highest BCUT2D eigenvalue weighted by molar-refractivity contribution is 5.88. The van der Waals surface area contributed by atoms with Crippen molar-refractivity contribution in [3.63, 3.8) is 0 Å². The third-order valence-corrected chi connectivity index (χ3v) is 3.59. The van der Waals surface area contributed by atoms with Crippen molar-refractivity contribution >= 4 is 5.97 Å². The summed E-state index contributed by atoms with van der Waals surface area (Å²) in [5, 5.41) is 9.25. The molecule has 1 aromatic heterocycles. The molecule has 0 aliphatic heterocycles. The molecule has 0 saturated heterocycles. The lowest BCUT2D eigenvalue weighted by Crippen LogP contribution is -2.27. The number of nitrogens with zero attached hydrogens (tertiary/aromatic N) is 2. The molecule has 1 saturated carbocycles. The minimum atomic E-state index is -0.995. The number of hydrogen-bond acceptors (Lipinski definition) is 3. The molecule has 1 heterocycles. The molecule has 0 unspecified atom stereocenters. The van der Waals surface area contributed by atoms with Gasteiger partial charge in [-0.1, -0.05) is 19.3 Å². The molecule has 98 valence electrons. The van der Waals surface area contributed by atoms with E-state index in [-0.39, 0.29) is 17.2 Å². The second-order valence-corrected chi connectivity index (χ2v) is 4.75. The van der Waals surface area contributed by atoms with Gasteiger partial charge in [0.15, 0.2) is 0 Å². The molecule has 5 heteroatoms. The Morgan fingerprint density at radius 2 is 2.11 bits per heavy atom. The predicted molar refractivity (Wildman–Crippen MR) is 67.0 cm³/mol. The summed E-state index contributed by atoms with van der Waals surface area (Å²) >= 11 is 0. The molecule has 2 rings (SSSR count). The number of aryl methyl sites for hydroxylation is 1. The molecule has 0 atom stereocenters. The summed E-state index contributed by atoms with van der Waals surface area (Å²) in [7, 11) is 0. The van der Waals surface area contributed by atoms with Crippen molar-refractivity contribution in [2.24, 2.45) is 0 Å². The Balaban J connectivity index is 2.47. The van der Waals surface area contributed by atoms with Gasteiger partial charge < -0.3 is 5.11 Å². The summed E-state index contributed by atoms with van der Waals surface area (Å²) in [4.78, 5) is 27.1. The monoisotopic (exact) mass is 250 g/mol. The maximum Gasteiger partial charge on any atom is 0.347 e. The molecule has 0 spiro atoms. The van der Waals surface area contributed by atoms with E-state index in [2.05, 4.69) is 4.98 Å². The Kier molecular flexibility index (Phi) is 3.79. The Hall–Kier alpha value is -1.65. The van der Waals surface area contributed by atoms with Crippen molar-refractivity contribution in [3.8, 4) is 0 Å². The number of aromatic carboxylic acids is 1. The summed E-state index contributed by atoms with van der Waals surface area (Å²) in [6.45, 7) is 2.24. The van der Waals surface area contributed by atoms with Crippen LogP contribution in [0.5, 0.6) is 0 Å². The van der Waals surface area contributed by atoms with E-state index < -0.39 is 5.97 Å². The Labute approximate surface area is 105 Å². The van der Waals surface area contributed by atoms with Gasteiger partial charge >= 0.3 is 11.7 Å². The molecule has 1 aromatic rings. The molecule has 1 aliphatic carbocycles. The highest BCUT2D eigenvalue weighted by Gasteiger charge is 2.24. The van der Waals surface area contributed by atoms with Gasteiger partial charge in [0.05, 0.1) is 11.3 Å². The van der Waals surface area contributed by atoms with Crippen LogP contribution in [0, 0.1) is 0 Å². The summed E-state index contributed by atoms with van der Waals surface area (Å²) in [5.74, 6) is -0.866. The first-order valence-electron chi connectivity index (χ1n) is 6.48. The van der Waals surface area contributed by atoms with Gasteiger partial charge in [0.25, 0.3) is 0 Å². The van der Waals surface area contributed by atoms with Gasteiger partial charge in [0.1, 0.15) is 0 Å². The van der Waals surface area contributed by atoms with Crippen molar-refractivity contribution in [2.45, 2.75) is 51.5 Å². The van der Waals surface area contributed by atoms with E-state index in [1.54, 1.807) is 6.92 Å². The van der Waals surface area contributed by atoms with E-state index in [4.69, 9.17) is 0 Å². The second kappa shape index (κ2) is 5.33. The number of carboxylic acids is 1. The maximum atomic E-state index is 11.7. The lowest BCUT2D eigenvalue weighted by molar-refractivity contribution is 0.0692. The maximum absolute atomic E-state index is 11.7. The third-order valence-electron chi connectivity index (χ3n) is 3.59. The van der Waals surface area contributed by atoms with Gasteiger partial charge in [-0.25, -0.2) is 9.59 Å². The van der Waals surface area contributed by atoms with Crippen molar-refractivity contribution in [1.29, 1.82) is 0 Å². The van der Waals surface area contributed by atoms with Crippen LogP contribution in [-0.4, -0.2) is 20.6 Å². The summed E-state index contributed by atoms with van der Waals surface area (Å²) < 4.78 is 1.34. The number of hydrogen-bond donors (Lipinski definition) is 1. The number of carboxylic acid groups (broad SMARTS) is 1. The zero-order chi connectivity index (χ0) is 13.1. The van der Waals surface area contributed by atoms with Gasteiger partial charge in [-0.15, -0.1) is 0 Å². The predicted octanol–water partition coefficient (Wildman–Crippen LogP) is 2.01. The first kappa shape index (κ1) is 12.8.